The van der Waals surface area contributed by atoms with Gasteiger partial charge in [0, 0.05) is 192 Å². The Morgan fingerprint density at radius 1 is 0.232 bits per heavy atom. The number of rotatable bonds is 16. The second kappa shape index (κ2) is 37.4. The van der Waals surface area contributed by atoms with Crippen LogP contribution in [0.25, 0.3) is 0 Å². The average molecular weight is 1700 g/mol. The molecule has 0 saturated carbocycles. The van der Waals surface area contributed by atoms with Crippen LogP contribution in [0, 0.1) is 0 Å². The maximum absolute atomic E-state index is 2.65. The lowest BCUT2D eigenvalue weighted by molar-refractivity contribution is 0.135. The molecule has 16 nitrogen and oxygen atoms in total. The molecule has 0 atom stereocenters. The molecule has 6 rings (SSSR count). The van der Waals surface area contributed by atoms with Crippen molar-refractivity contribution in [2.45, 2.75) is 474 Å². The Balaban J connectivity index is 0.000000680. The van der Waals surface area contributed by atoms with Crippen molar-refractivity contribution in [3.05, 3.63) is 99.2 Å². The van der Waals surface area contributed by atoms with Crippen LogP contribution in [0.4, 0.5) is 0 Å². The molecule has 2 spiro atoms. The summed E-state index contributed by atoms with van der Waals surface area (Å²) in [6.07, 6.45) is 37.1. The molecule has 0 bridgehead atoms. The molecule has 112 heavy (non-hydrogen) atoms. The fraction of sp³-hybridized carbons (Fsp3) is 0.818. The lowest BCUT2D eigenvalue weighted by atomic mass is 10.1. The molecule has 0 fully saturated rings. The van der Waals surface area contributed by atoms with Crippen molar-refractivity contribution in [3.8, 4) is 0 Å². The van der Waals surface area contributed by atoms with Gasteiger partial charge in [0.25, 0.3) is 16.8 Å². The first-order valence-corrected chi connectivity index (χ1v) is 66.6. The minimum absolute atomic E-state index is 0.0434. The lowest BCUT2D eigenvalue weighted by Crippen LogP contribution is -2.83. The summed E-state index contributed by atoms with van der Waals surface area (Å²) < 4.78 is 41.6. The third-order valence-corrected chi connectivity index (χ3v) is 49.5. The van der Waals surface area contributed by atoms with Gasteiger partial charge in [-0.05, 0) is 303 Å². The van der Waals surface area contributed by atoms with Gasteiger partial charge in [0.1, 0.15) is 32.9 Å². The normalized spacial score (nSPS) is 18.8. The van der Waals surface area contributed by atoms with Crippen LogP contribution in [-0.4, -0.2) is 233 Å². The second-order valence-corrected chi connectivity index (χ2v) is 81.3. The Labute approximate surface area is 708 Å². The third kappa shape index (κ3) is 26.2. The first-order valence-electron chi connectivity index (χ1n) is 43.5. The second-order valence-electron chi connectivity index (χ2n) is 47.6. The molecule has 6 aliphatic rings. The van der Waals surface area contributed by atoms with Crippen LogP contribution in [-0.2, 0) is 0 Å². The van der Waals surface area contributed by atoms with Crippen LogP contribution in [0.3, 0.4) is 0 Å². The SMILES string of the molecule is CC(C)(C)N(/C=C/N(C(C)(C)C)[Si](C)(C)C)[Si](C)(C)C.CC(C)(C)N1C=CN(C(C)(C)C)[Si]1(C)C.CC(C)(C)N1C=CN(C(C)(C)C)[Si]12N(C(C)(C)C)C=CN2C(C)(C)C.CC(C)N(/C=C/N(C(C)C)[Si](C)(C)C)[Si](C)(C)C.CC(C)N1C=CN(C(C)C)[Si]1(C)C.CC(C)N1C=CN(C(C)C)[Si]12N(C(C)C)C=CN2C(C)C. The average Bonchev–Trinajstić information content (AvgIpc) is 1.50. The molecule has 0 aromatic heterocycles. The van der Waals surface area contributed by atoms with Gasteiger partial charge in [0.2, 0.25) is 0 Å². The van der Waals surface area contributed by atoms with E-state index in [1.807, 2.05) is 0 Å². The van der Waals surface area contributed by atoms with E-state index < -0.39 is 67.2 Å². The number of hydrogen-bond donors (Lipinski definition) is 0. The van der Waals surface area contributed by atoms with E-state index in [0.717, 1.165) is 0 Å². The van der Waals surface area contributed by atoms with Gasteiger partial charge in [-0.25, -0.2) is 0 Å². The fourth-order valence-electron chi connectivity index (χ4n) is 18.1. The lowest BCUT2D eigenvalue weighted by Gasteiger charge is -2.61. The van der Waals surface area contributed by atoms with Crippen LogP contribution in [0.5, 0.6) is 0 Å². The van der Waals surface area contributed by atoms with Crippen molar-refractivity contribution in [1.82, 2.24) is 73.0 Å². The van der Waals surface area contributed by atoms with Crippen molar-refractivity contribution < 1.29 is 0 Å². The maximum atomic E-state index is 2.65. The van der Waals surface area contributed by atoms with E-state index in [9.17, 15) is 0 Å². The number of nitrogens with zero attached hydrogens (tertiary/aromatic N) is 16. The predicted octanol–water partition coefficient (Wildman–Crippen LogP) is 23.9. The molecule has 0 aromatic rings. The van der Waals surface area contributed by atoms with Crippen LogP contribution in [0.2, 0.25) is 105 Å². The van der Waals surface area contributed by atoms with Gasteiger partial charge in [-0.2, -0.15) is 0 Å². The van der Waals surface area contributed by atoms with Gasteiger partial charge >= 0.3 is 17.4 Å². The zero-order chi connectivity index (χ0) is 89.2. The van der Waals surface area contributed by atoms with E-state index >= 15 is 0 Å². The zero-order valence-electron chi connectivity index (χ0n) is 85.0. The van der Waals surface area contributed by atoms with Crippen LogP contribution < -0.4 is 0 Å². The van der Waals surface area contributed by atoms with E-state index in [0.29, 0.717) is 48.3 Å². The summed E-state index contributed by atoms with van der Waals surface area (Å²) in [6.45, 7) is 131. The van der Waals surface area contributed by atoms with E-state index in [-0.39, 0.29) is 44.3 Å². The Hall–Kier alpha value is -3.54. The smallest absolute Gasteiger partial charge is 0.400 e. The minimum atomic E-state index is -2.42. The highest BCUT2D eigenvalue weighted by molar-refractivity contribution is 6.76. The van der Waals surface area contributed by atoms with E-state index in [1.165, 1.54) is 0 Å². The van der Waals surface area contributed by atoms with Gasteiger partial charge in [-0.1, -0.05) is 78.6 Å². The fourth-order valence-corrected chi connectivity index (χ4v) is 46.8. The molecule has 0 amide bonds. The Kier molecular flexibility index (Phi) is 35.5. The molecule has 0 aromatic carbocycles. The maximum Gasteiger partial charge on any atom is 0.503 e. The van der Waals surface area contributed by atoms with Crippen molar-refractivity contribution in [3.63, 3.8) is 0 Å². The van der Waals surface area contributed by atoms with Gasteiger partial charge in [0.15, 0.2) is 0 Å². The Morgan fingerprint density at radius 3 is 0.536 bits per heavy atom. The topological polar surface area (TPSA) is 51.8 Å². The molecule has 6 aliphatic heterocycles. The predicted molar refractivity (Wildman–Crippen MR) is 522 cm³/mol. The summed E-state index contributed by atoms with van der Waals surface area (Å²) in [6, 6.07) is 4.42. The quantitative estimate of drug-likeness (QED) is 0.138. The summed E-state index contributed by atoms with van der Waals surface area (Å²) >= 11 is 0. The summed E-state index contributed by atoms with van der Waals surface area (Å²) in [4.78, 5) is 0. The van der Waals surface area contributed by atoms with Gasteiger partial charge in [0.05, 0.1) is 0 Å². The molecule has 6 heterocycles. The largest absolute Gasteiger partial charge is 0.503 e. The molecule has 656 valence electrons. The highest BCUT2D eigenvalue weighted by Gasteiger charge is 2.69. The van der Waals surface area contributed by atoms with Gasteiger partial charge in [-0.3, -0.25) is 0 Å². The van der Waals surface area contributed by atoms with E-state index in [4.69, 9.17) is 0 Å². The van der Waals surface area contributed by atoms with Crippen molar-refractivity contribution in [1.29, 1.82) is 0 Å². The first-order chi connectivity index (χ1) is 49.4. The molecular weight excluding hydrogens is 1510 g/mol. The van der Waals surface area contributed by atoms with Crippen LogP contribution >= 0.6 is 0 Å². The van der Waals surface area contributed by atoms with Crippen LogP contribution in [0.1, 0.15) is 277 Å². The molecular formula is C88H192N16Si8. The molecule has 0 aliphatic carbocycles. The van der Waals surface area contributed by atoms with E-state index in [1.54, 1.807) is 0 Å². The molecule has 0 saturated heterocycles. The zero-order valence-corrected chi connectivity index (χ0v) is 93.0. The summed E-state index contributed by atoms with van der Waals surface area (Å²) in [7, 11) is -12.7. The van der Waals surface area contributed by atoms with Gasteiger partial charge < -0.3 is 73.0 Å². The number of hydrogen-bond acceptors (Lipinski definition) is 16. The Morgan fingerprint density at radius 2 is 0.411 bits per heavy atom. The standard InChI is InChI=1S/C20H40N4Si.C16H32N4Si.C16H38N2Si2.C14H34N2Si2.C12H26N2Si.C10H22N2Si/c1-17(2,3)21-13-14-22(18(4,5)6)25(21)23(19(7,8)9)15-16-24(25)20(10,11)12;1-13(2)17-9-10-18(14(3)4)21(17)19(15(5)6)11-12-20(21)16(7)8;1-15(2,3)17(19(7,8)9)13-14-18(16(4,5)6)20(10,11)12;1-13(2)15(17(5,6)7)11-12-16(14(3)4)18(8,9)10;1-11(2,3)13-9-10-14(12(4,5)6)15(13,7)8;1-9(2)11-7-8-12(10(3)4)13(11,5)6/h13-16H,1-12H3;9-16H,1-8H3;13-14H,1-12H3;11-14H,1-10H3;9-10H,1-8H3;7-10H,1-6H3/b;;14-13+;12-11+;;. The van der Waals surface area contributed by atoms with E-state index in [2.05, 4.69) is 554 Å². The Bertz CT molecular complexity index is 2820. The highest BCUT2D eigenvalue weighted by atomic mass is 28.4. The monoisotopic (exact) mass is 1700 g/mol. The van der Waals surface area contributed by atoms with Crippen molar-refractivity contribution >= 4 is 67.2 Å². The van der Waals surface area contributed by atoms with Crippen molar-refractivity contribution in [2.24, 2.45) is 0 Å². The summed E-state index contributed by atoms with van der Waals surface area (Å²) in [5, 5.41) is 0. The molecule has 0 unspecified atom stereocenters. The van der Waals surface area contributed by atoms with Crippen molar-refractivity contribution in [2.75, 3.05) is 0 Å². The minimum Gasteiger partial charge on any atom is -0.400 e. The molecule has 24 heteroatoms. The molecule has 0 N–H and O–H groups in total. The summed E-state index contributed by atoms with van der Waals surface area (Å²) in [5.74, 6) is 0. The highest BCUT2D eigenvalue weighted by Crippen LogP contribution is 2.48. The summed E-state index contributed by atoms with van der Waals surface area (Å²) in [5.41, 5.74) is 0.999. The van der Waals surface area contributed by atoms with Gasteiger partial charge in [-0.15, -0.1) is 0 Å². The third-order valence-electron chi connectivity index (χ3n) is 21.4. The first kappa shape index (κ1) is 106. The molecule has 0 radical (unpaired) electrons. The van der Waals surface area contributed by atoms with Crippen LogP contribution in [0.15, 0.2) is 99.2 Å².